The van der Waals surface area contributed by atoms with Crippen LogP contribution in [0.2, 0.25) is 0 Å². The van der Waals surface area contributed by atoms with Gasteiger partial charge in [0.25, 0.3) is 0 Å². The first kappa shape index (κ1) is 23.6. The summed E-state index contributed by atoms with van der Waals surface area (Å²) in [7, 11) is -0.777. The molecule has 0 spiro atoms. The van der Waals surface area contributed by atoms with Gasteiger partial charge in [-0.25, -0.2) is 9.18 Å². The molecule has 1 saturated heterocycles. The van der Waals surface area contributed by atoms with Gasteiger partial charge >= 0.3 is 13.2 Å². The molecule has 0 atom stereocenters. The molecule has 9 heteroatoms. The molecule has 2 aromatic rings. The van der Waals surface area contributed by atoms with Crippen LogP contribution in [0.1, 0.15) is 49.3 Å². The van der Waals surface area contributed by atoms with Crippen molar-refractivity contribution in [1.82, 2.24) is 10.3 Å². The number of nitrogens with zero attached hydrogens (tertiary/aromatic N) is 1. The Hall–Kier alpha value is -3.04. The highest BCUT2D eigenvalue weighted by atomic mass is 19.1. The summed E-state index contributed by atoms with van der Waals surface area (Å²) in [6, 6.07) is 10.6. The van der Waals surface area contributed by atoms with Gasteiger partial charge in [0.15, 0.2) is 12.1 Å². The van der Waals surface area contributed by atoms with Gasteiger partial charge < -0.3 is 19.4 Å². The van der Waals surface area contributed by atoms with Gasteiger partial charge in [-0.3, -0.25) is 9.78 Å². The predicted molar refractivity (Wildman–Crippen MR) is 118 cm³/mol. The monoisotopic (exact) mass is 440 g/mol. The number of hydrogen-bond acceptors (Lipinski definition) is 6. The van der Waals surface area contributed by atoms with Crippen LogP contribution in [-0.4, -0.2) is 42.2 Å². The molecule has 3 rings (SSSR count). The van der Waals surface area contributed by atoms with E-state index in [2.05, 4.69) is 10.3 Å². The number of aromatic nitrogens is 1. The number of nitrogens with one attached hydrogen (secondary N) is 1. The van der Waals surface area contributed by atoms with E-state index in [-0.39, 0.29) is 18.7 Å². The Morgan fingerprint density at radius 3 is 2.47 bits per heavy atom. The lowest BCUT2D eigenvalue weighted by Crippen LogP contribution is -2.41. The molecular formula is C23H26BFN2O5. The molecule has 1 amide bonds. The molecule has 0 unspecified atom stereocenters. The van der Waals surface area contributed by atoms with E-state index in [9.17, 15) is 14.0 Å². The number of amides is 1. The Balaban J connectivity index is 1.76. The summed E-state index contributed by atoms with van der Waals surface area (Å²) in [6.45, 7) is 7.81. The van der Waals surface area contributed by atoms with Crippen LogP contribution in [0.4, 0.5) is 9.18 Å². The van der Waals surface area contributed by atoms with Crippen molar-refractivity contribution in [2.45, 2.75) is 45.5 Å². The third kappa shape index (κ3) is 5.60. The fraction of sp³-hybridized carbons (Fsp3) is 0.348. The first-order chi connectivity index (χ1) is 15.1. The van der Waals surface area contributed by atoms with E-state index in [0.717, 1.165) is 11.8 Å². The number of alkyl carbamates (subject to hydrolysis) is 1. The maximum Gasteiger partial charge on any atom is 0.492 e. The van der Waals surface area contributed by atoms with Crippen molar-refractivity contribution in [2.24, 2.45) is 0 Å². The SMILES string of the molecule is CC1(C)OB(C(=Cc2cc(C=O)c(F)cn2)CNC(=O)OCc2ccccc2)OC1(C)C. The van der Waals surface area contributed by atoms with Crippen molar-refractivity contribution in [1.29, 1.82) is 0 Å². The third-order valence-corrected chi connectivity index (χ3v) is 5.57. The molecule has 0 bridgehead atoms. The van der Waals surface area contributed by atoms with Crippen LogP contribution in [0.15, 0.2) is 48.1 Å². The van der Waals surface area contributed by atoms with Crippen LogP contribution in [0.3, 0.4) is 0 Å². The normalized spacial score (nSPS) is 17.2. The highest BCUT2D eigenvalue weighted by Gasteiger charge is 2.52. The van der Waals surface area contributed by atoms with Crippen LogP contribution >= 0.6 is 0 Å². The van der Waals surface area contributed by atoms with Crippen molar-refractivity contribution in [3.63, 3.8) is 0 Å². The smallest absolute Gasteiger partial charge is 0.445 e. The van der Waals surface area contributed by atoms with Crippen LogP contribution in [-0.2, 0) is 20.7 Å². The summed E-state index contributed by atoms with van der Waals surface area (Å²) in [6.07, 6.45) is 2.38. The topological polar surface area (TPSA) is 86.8 Å². The zero-order valence-electron chi connectivity index (χ0n) is 18.6. The standard InChI is InChI=1S/C23H26BFN2O5/c1-22(2)23(3,4)32-24(31-22)18(11-19-10-17(14-28)20(25)13-26-19)12-27-21(29)30-15-16-8-6-5-7-9-16/h5-11,13-14H,12,15H2,1-4H3,(H,27,29). The molecule has 1 aromatic carbocycles. The molecule has 1 fully saturated rings. The molecule has 0 aliphatic carbocycles. The van der Waals surface area contributed by atoms with E-state index in [0.29, 0.717) is 17.5 Å². The number of carbonyl (C=O) groups excluding carboxylic acids is 2. The van der Waals surface area contributed by atoms with E-state index in [1.54, 1.807) is 6.08 Å². The Kier molecular flexibility index (Phi) is 7.11. The van der Waals surface area contributed by atoms with Gasteiger partial charge in [0, 0.05) is 6.54 Å². The highest BCUT2D eigenvalue weighted by Crippen LogP contribution is 2.38. The highest BCUT2D eigenvalue weighted by molar-refractivity contribution is 6.56. The van der Waals surface area contributed by atoms with E-state index in [1.807, 2.05) is 58.0 Å². The number of aldehydes is 1. The summed E-state index contributed by atoms with van der Waals surface area (Å²) in [5, 5.41) is 2.68. The Morgan fingerprint density at radius 2 is 1.84 bits per heavy atom. The van der Waals surface area contributed by atoms with Crippen molar-refractivity contribution in [2.75, 3.05) is 6.54 Å². The van der Waals surface area contributed by atoms with E-state index in [1.165, 1.54) is 6.07 Å². The number of pyridine rings is 1. The number of carbonyl (C=O) groups is 2. The first-order valence-electron chi connectivity index (χ1n) is 10.2. The van der Waals surface area contributed by atoms with Crippen molar-refractivity contribution >= 4 is 25.6 Å². The second-order valence-electron chi connectivity index (χ2n) is 8.47. The Bertz CT molecular complexity index is 995. The molecule has 0 saturated carbocycles. The fourth-order valence-corrected chi connectivity index (χ4v) is 2.98. The zero-order valence-corrected chi connectivity index (χ0v) is 18.6. The maximum atomic E-state index is 13.7. The minimum atomic E-state index is -0.777. The summed E-state index contributed by atoms with van der Waals surface area (Å²) < 4.78 is 31.1. The molecule has 1 aliphatic rings. The third-order valence-electron chi connectivity index (χ3n) is 5.57. The lowest BCUT2D eigenvalue weighted by atomic mass is 9.77. The number of rotatable bonds is 7. The minimum absolute atomic E-state index is 0.0416. The fourth-order valence-electron chi connectivity index (χ4n) is 2.98. The molecule has 1 aliphatic heterocycles. The quantitative estimate of drug-likeness (QED) is 0.518. The van der Waals surface area contributed by atoms with Gasteiger partial charge in [-0.05, 0) is 50.9 Å². The molecular weight excluding hydrogens is 414 g/mol. The van der Waals surface area contributed by atoms with Crippen LogP contribution in [0, 0.1) is 5.82 Å². The molecule has 168 valence electrons. The number of hydrogen-bond donors (Lipinski definition) is 1. The van der Waals surface area contributed by atoms with Crippen molar-refractivity contribution < 1.29 is 28.0 Å². The molecule has 0 radical (unpaired) electrons. The van der Waals surface area contributed by atoms with Gasteiger partial charge in [0.2, 0.25) is 0 Å². The van der Waals surface area contributed by atoms with Crippen LogP contribution in [0.5, 0.6) is 0 Å². The lowest BCUT2D eigenvalue weighted by Gasteiger charge is -2.32. The number of halogens is 1. The molecule has 2 heterocycles. The van der Waals surface area contributed by atoms with Crippen molar-refractivity contribution in [3.05, 3.63) is 70.7 Å². The lowest BCUT2D eigenvalue weighted by molar-refractivity contribution is 0.00578. The van der Waals surface area contributed by atoms with Gasteiger partial charge in [-0.1, -0.05) is 30.3 Å². The molecule has 1 aromatic heterocycles. The second kappa shape index (κ2) is 9.62. The van der Waals surface area contributed by atoms with Gasteiger partial charge in [0.05, 0.1) is 28.7 Å². The summed E-state index contributed by atoms with van der Waals surface area (Å²) >= 11 is 0. The summed E-state index contributed by atoms with van der Waals surface area (Å²) in [5.74, 6) is -0.711. The molecule has 32 heavy (non-hydrogen) atoms. The van der Waals surface area contributed by atoms with Crippen LogP contribution < -0.4 is 5.32 Å². The average Bonchev–Trinajstić information content (AvgIpc) is 2.98. The van der Waals surface area contributed by atoms with Gasteiger partial charge in [0.1, 0.15) is 6.61 Å². The maximum absolute atomic E-state index is 13.7. The van der Waals surface area contributed by atoms with E-state index in [4.69, 9.17) is 14.0 Å². The average molecular weight is 440 g/mol. The largest absolute Gasteiger partial charge is 0.492 e. The number of benzene rings is 1. The molecule has 1 N–H and O–H groups in total. The Labute approximate surface area is 187 Å². The number of ether oxygens (including phenoxy) is 1. The Morgan fingerprint density at radius 1 is 1.19 bits per heavy atom. The van der Waals surface area contributed by atoms with Crippen molar-refractivity contribution in [3.8, 4) is 0 Å². The van der Waals surface area contributed by atoms with Gasteiger partial charge in [-0.2, -0.15) is 0 Å². The van der Waals surface area contributed by atoms with E-state index < -0.39 is 30.2 Å². The van der Waals surface area contributed by atoms with Gasteiger partial charge in [-0.15, -0.1) is 0 Å². The first-order valence-corrected chi connectivity index (χ1v) is 10.2. The zero-order chi connectivity index (χ0) is 23.4. The second-order valence-corrected chi connectivity index (χ2v) is 8.47. The summed E-state index contributed by atoms with van der Waals surface area (Å²) in [5.41, 5.74) is 0.411. The predicted octanol–water partition coefficient (Wildman–Crippen LogP) is 3.97. The summed E-state index contributed by atoms with van der Waals surface area (Å²) in [4.78, 5) is 27.3. The minimum Gasteiger partial charge on any atom is -0.445 e. The van der Waals surface area contributed by atoms with E-state index >= 15 is 0 Å². The van der Waals surface area contributed by atoms with Crippen LogP contribution in [0.25, 0.3) is 6.08 Å². The molecule has 7 nitrogen and oxygen atoms in total.